The summed E-state index contributed by atoms with van der Waals surface area (Å²) < 4.78 is 5.70. The number of aryl methyl sites for hydroxylation is 1. The lowest BCUT2D eigenvalue weighted by molar-refractivity contribution is -0.121. The highest BCUT2D eigenvalue weighted by atomic mass is 16.5. The monoisotopic (exact) mass is 333 g/mol. The minimum absolute atomic E-state index is 0.0903. The average Bonchev–Trinajstić information content (AvgIpc) is 2.58. The number of aliphatic hydroxyl groups excluding tert-OH is 1. The van der Waals surface area contributed by atoms with Crippen molar-refractivity contribution in [3.8, 4) is 5.75 Å². The van der Waals surface area contributed by atoms with Crippen LogP contribution in [0, 0.1) is 12.8 Å². The highest BCUT2D eigenvalue weighted by Crippen LogP contribution is 2.27. The van der Waals surface area contributed by atoms with Crippen molar-refractivity contribution in [2.24, 2.45) is 5.92 Å². The zero-order valence-corrected chi connectivity index (χ0v) is 14.8. The molecule has 1 aliphatic rings. The molecular weight excluding hydrogens is 302 g/mol. The number of hydrogen-bond donors (Lipinski definition) is 2. The molecule has 1 aromatic rings. The second kappa shape index (κ2) is 10.3. The lowest BCUT2D eigenvalue weighted by atomic mass is 9.83. The summed E-state index contributed by atoms with van der Waals surface area (Å²) in [5.74, 6) is 1.41. The Bertz CT molecular complexity index is 503. The number of ether oxygens (including phenoxy) is 1. The fourth-order valence-corrected chi connectivity index (χ4v) is 3.34. The number of rotatable bonds is 9. The number of para-hydroxylation sites is 1. The van der Waals surface area contributed by atoms with Crippen molar-refractivity contribution in [1.29, 1.82) is 0 Å². The molecule has 1 saturated carbocycles. The maximum absolute atomic E-state index is 11.8. The molecule has 0 radical (unpaired) electrons. The van der Waals surface area contributed by atoms with Crippen LogP contribution in [0.1, 0.15) is 56.9 Å². The molecule has 0 saturated heterocycles. The van der Waals surface area contributed by atoms with Crippen molar-refractivity contribution >= 4 is 5.91 Å². The van der Waals surface area contributed by atoms with E-state index in [1.165, 1.54) is 6.42 Å². The highest BCUT2D eigenvalue weighted by molar-refractivity contribution is 5.75. The highest BCUT2D eigenvalue weighted by Gasteiger charge is 2.22. The Morgan fingerprint density at radius 3 is 2.83 bits per heavy atom. The summed E-state index contributed by atoms with van der Waals surface area (Å²) in [6.07, 6.45) is 7.51. The van der Waals surface area contributed by atoms with E-state index in [-0.39, 0.29) is 12.0 Å². The van der Waals surface area contributed by atoms with Gasteiger partial charge in [-0.1, -0.05) is 31.0 Å². The van der Waals surface area contributed by atoms with Crippen LogP contribution in [0.15, 0.2) is 24.3 Å². The van der Waals surface area contributed by atoms with Crippen molar-refractivity contribution in [2.45, 2.75) is 64.4 Å². The van der Waals surface area contributed by atoms with Gasteiger partial charge >= 0.3 is 0 Å². The van der Waals surface area contributed by atoms with Gasteiger partial charge in [-0.2, -0.15) is 0 Å². The summed E-state index contributed by atoms with van der Waals surface area (Å²) in [5, 5.41) is 12.9. The van der Waals surface area contributed by atoms with E-state index in [0.717, 1.165) is 49.8 Å². The van der Waals surface area contributed by atoms with Crippen LogP contribution >= 0.6 is 0 Å². The van der Waals surface area contributed by atoms with Gasteiger partial charge in [0, 0.05) is 13.0 Å². The molecule has 2 rings (SSSR count). The fourth-order valence-electron chi connectivity index (χ4n) is 3.34. The maximum atomic E-state index is 11.8. The third kappa shape index (κ3) is 6.52. The molecule has 0 heterocycles. The average molecular weight is 333 g/mol. The minimum Gasteiger partial charge on any atom is -0.493 e. The molecule has 1 fully saturated rings. The zero-order valence-electron chi connectivity index (χ0n) is 14.8. The van der Waals surface area contributed by atoms with E-state index >= 15 is 0 Å². The smallest absolute Gasteiger partial charge is 0.220 e. The number of aliphatic hydroxyl groups is 1. The van der Waals surface area contributed by atoms with E-state index < -0.39 is 0 Å². The van der Waals surface area contributed by atoms with Crippen molar-refractivity contribution in [1.82, 2.24) is 5.32 Å². The molecule has 1 amide bonds. The summed E-state index contributed by atoms with van der Waals surface area (Å²) >= 11 is 0. The van der Waals surface area contributed by atoms with Crippen LogP contribution in [-0.4, -0.2) is 30.3 Å². The molecule has 0 aromatic heterocycles. The van der Waals surface area contributed by atoms with Crippen LogP contribution < -0.4 is 10.1 Å². The Morgan fingerprint density at radius 2 is 2.04 bits per heavy atom. The zero-order chi connectivity index (χ0) is 17.2. The van der Waals surface area contributed by atoms with E-state index in [4.69, 9.17) is 4.74 Å². The van der Waals surface area contributed by atoms with Crippen molar-refractivity contribution in [3.63, 3.8) is 0 Å². The van der Waals surface area contributed by atoms with Crippen LogP contribution in [0.2, 0.25) is 0 Å². The lowest BCUT2D eigenvalue weighted by Crippen LogP contribution is -2.28. The Balaban J connectivity index is 1.50. The van der Waals surface area contributed by atoms with E-state index in [0.29, 0.717) is 25.5 Å². The van der Waals surface area contributed by atoms with Gasteiger partial charge in [-0.25, -0.2) is 0 Å². The molecule has 2 atom stereocenters. The second-order valence-electron chi connectivity index (χ2n) is 6.82. The molecule has 1 aromatic carbocycles. The molecule has 2 N–H and O–H groups in total. The van der Waals surface area contributed by atoms with Gasteiger partial charge in [-0.3, -0.25) is 4.79 Å². The molecular formula is C20H31NO3. The Kier molecular flexibility index (Phi) is 8.10. The first-order valence-corrected chi connectivity index (χ1v) is 9.30. The van der Waals surface area contributed by atoms with Crippen LogP contribution in [0.25, 0.3) is 0 Å². The van der Waals surface area contributed by atoms with Crippen molar-refractivity contribution < 1.29 is 14.6 Å². The van der Waals surface area contributed by atoms with E-state index in [1.54, 1.807) is 0 Å². The third-order valence-electron chi connectivity index (χ3n) is 4.84. The molecule has 0 aliphatic heterocycles. The predicted molar refractivity (Wildman–Crippen MR) is 96.1 cm³/mol. The van der Waals surface area contributed by atoms with E-state index in [9.17, 15) is 9.90 Å². The summed E-state index contributed by atoms with van der Waals surface area (Å²) in [7, 11) is 0. The largest absolute Gasteiger partial charge is 0.493 e. The first kappa shape index (κ1) is 18.8. The molecule has 24 heavy (non-hydrogen) atoms. The van der Waals surface area contributed by atoms with Gasteiger partial charge in [0.1, 0.15) is 5.75 Å². The van der Waals surface area contributed by atoms with Gasteiger partial charge in [0.25, 0.3) is 0 Å². The summed E-state index contributed by atoms with van der Waals surface area (Å²) in [6, 6.07) is 7.92. The number of benzene rings is 1. The van der Waals surface area contributed by atoms with Crippen LogP contribution in [0.4, 0.5) is 0 Å². The Morgan fingerprint density at radius 1 is 1.25 bits per heavy atom. The topological polar surface area (TPSA) is 58.6 Å². The Labute approximate surface area is 145 Å². The molecule has 0 spiro atoms. The number of carbonyl (C=O) groups is 1. The molecule has 4 heteroatoms. The van der Waals surface area contributed by atoms with Gasteiger partial charge in [-0.15, -0.1) is 0 Å². The van der Waals surface area contributed by atoms with Gasteiger partial charge in [0.15, 0.2) is 0 Å². The van der Waals surface area contributed by atoms with E-state index in [1.807, 2.05) is 31.2 Å². The first-order valence-electron chi connectivity index (χ1n) is 9.30. The van der Waals surface area contributed by atoms with Gasteiger partial charge in [-0.05, 0) is 56.6 Å². The standard InChI is InChI=1S/C20H31NO3/c1-16-8-2-5-12-19(16)24-15-7-13-20(23)21-14-6-10-17-9-3-4-11-18(17)22/h2,5,8,12,17-18,22H,3-4,6-7,9-11,13-15H2,1H3,(H,21,23)/t17-,18+/m0/s1. The summed E-state index contributed by atoms with van der Waals surface area (Å²) in [4.78, 5) is 11.8. The SMILES string of the molecule is Cc1ccccc1OCCCC(=O)NCCC[C@@H]1CCCC[C@H]1O. The van der Waals surface area contributed by atoms with Gasteiger partial charge < -0.3 is 15.2 Å². The normalized spacial score (nSPS) is 20.6. The number of nitrogens with one attached hydrogen (secondary N) is 1. The third-order valence-corrected chi connectivity index (χ3v) is 4.84. The lowest BCUT2D eigenvalue weighted by Gasteiger charge is -2.27. The first-order chi connectivity index (χ1) is 11.7. The quantitative estimate of drug-likeness (QED) is 0.679. The van der Waals surface area contributed by atoms with Crippen LogP contribution in [0.5, 0.6) is 5.75 Å². The van der Waals surface area contributed by atoms with Crippen LogP contribution in [0.3, 0.4) is 0 Å². The predicted octanol–water partition coefficient (Wildman–Crippen LogP) is 3.60. The van der Waals surface area contributed by atoms with Gasteiger partial charge in [0.2, 0.25) is 5.91 Å². The van der Waals surface area contributed by atoms with Crippen LogP contribution in [-0.2, 0) is 4.79 Å². The number of carbonyl (C=O) groups excluding carboxylic acids is 1. The number of hydrogen-bond acceptors (Lipinski definition) is 3. The van der Waals surface area contributed by atoms with Gasteiger partial charge in [0.05, 0.1) is 12.7 Å². The molecule has 134 valence electrons. The van der Waals surface area contributed by atoms with Crippen molar-refractivity contribution in [3.05, 3.63) is 29.8 Å². The molecule has 0 bridgehead atoms. The second-order valence-corrected chi connectivity index (χ2v) is 6.82. The number of amides is 1. The minimum atomic E-state index is -0.131. The molecule has 0 unspecified atom stereocenters. The fraction of sp³-hybridized carbons (Fsp3) is 0.650. The molecule has 1 aliphatic carbocycles. The Hall–Kier alpha value is -1.55. The summed E-state index contributed by atoms with van der Waals surface area (Å²) in [6.45, 7) is 3.29. The van der Waals surface area contributed by atoms with E-state index in [2.05, 4.69) is 5.32 Å². The van der Waals surface area contributed by atoms with Crippen molar-refractivity contribution in [2.75, 3.05) is 13.2 Å². The molecule has 4 nitrogen and oxygen atoms in total. The maximum Gasteiger partial charge on any atom is 0.220 e. The summed E-state index contributed by atoms with van der Waals surface area (Å²) in [5.41, 5.74) is 1.12.